The van der Waals surface area contributed by atoms with Gasteiger partial charge in [-0.1, -0.05) is 206 Å². The van der Waals surface area contributed by atoms with Gasteiger partial charge < -0.3 is 0 Å². The van der Waals surface area contributed by atoms with Crippen LogP contribution in [0.4, 0.5) is 0 Å². The van der Waals surface area contributed by atoms with Gasteiger partial charge in [-0.25, -0.2) is 29.9 Å². The lowest BCUT2D eigenvalue weighted by Crippen LogP contribution is -2.30. The smallest absolute Gasteiger partial charge is 0.164 e. The summed E-state index contributed by atoms with van der Waals surface area (Å²) < 4.78 is 0. The highest BCUT2D eigenvalue weighted by molar-refractivity contribution is 5.92. The van der Waals surface area contributed by atoms with E-state index < -0.39 is 5.41 Å². The van der Waals surface area contributed by atoms with Crippen molar-refractivity contribution in [3.63, 3.8) is 0 Å². The van der Waals surface area contributed by atoms with Gasteiger partial charge in [0, 0.05) is 33.4 Å². The van der Waals surface area contributed by atoms with E-state index in [1.165, 1.54) is 22.3 Å². The molecule has 0 fully saturated rings. The van der Waals surface area contributed by atoms with E-state index >= 15 is 0 Å². The van der Waals surface area contributed by atoms with E-state index in [4.69, 9.17) is 29.9 Å². The van der Waals surface area contributed by atoms with E-state index in [-0.39, 0.29) is 0 Å². The number of fused-ring (bicyclic) bond motifs is 9. The van der Waals surface area contributed by atoms with Crippen LogP contribution in [0.5, 0.6) is 0 Å². The Hall–Kier alpha value is -8.48. The van der Waals surface area contributed by atoms with Crippen LogP contribution in [-0.2, 0) is 5.41 Å². The molecular formula is C57H36N6. The third-order valence-electron chi connectivity index (χ3n) is 12.2. The Morgan fingerprint density at radius 1 is 0.238 bits per heavy atom. The number of hydrogen-bond acceptors (Lipinski definition) is 6. The molecule has 0 unspecified atom stereocenters. The van der Waals surface area contributed by atoms with Crippen molar-refractivity contribution >= 4 is 12.2 Å². The summed E-state index contributed by atoms with van der Waals surface area (Å²) in [6.45, 7) is 0. The van der Waals surface area contributed by atoms with Gasteiger partial charge in [0.25, 0.3) is 0 Å². The third-order valence-corrected chi connectivity index (χ3v) is 12.2. The fourth-order valence-electron chi connectivity index (χ4n) is 9.35. The van der Waals surface area contributed by atoms with Crippen LogP contribution in [0.25, 0.3) is 91.6 Å². The van der Waals surface area contributed by atoms with E-state index in [2.05, 4.69) is 97.1 Å². The highest BCUT2D eigenvalue weighted by Gasteiger charge is 2.48. The van der Waals surface area contributed by atoms with Crippen LogP contribution in [0.3, 0.4) is 0 Å². The molecule has 8 aromatic carbocycles. The summed E-state index contributed by atoms with van der Waals surface area (Å²) in [5.74, 6) is 3.70. The van der Waals surface area contributed by atoms with Crippen molar-refractivity contribution in [3.8, 4) is 79.5 Å². The maximum atomic E-state index is 5.18. The molecule has 2 aromatic heterocycles. The molecule has 0 radical (unpaired) electrons. The molecular weight excluding hydrogens is 769 g/mol. The molecule has 294 valence electrons. The standard InChI is InChI=1S/C57H36N6/c1-5-17-39(18-6-1)51-58-52(40-19-7-2-8-20-40)61-55(60-51)43-33-31-37-29-30-38-32-34-44(56-62-53(41-21-9-3-10-22-41)59-54(63-56)42-23-11-4-12-24-42)36-50(38)57(49(37)35-43)47-27-15-13-25-45(47)46-26-14-16-28-48(46)57/h1-36H. The minimum Gasteiger partial charge on any atom is -0.208 e. The van der Waals surface area contributed by atoms with Crippen LogP contribution in [-0.4, -0.2) is 29.9 Å². The van der Waals surface area contributed by atoms with E-state index in [9.17, 15) is 0 Å². The molecule has 0 saturated heterocycles. The SMILES string of the molecule is C1=Cc2ccc(-c3nc(-c4ccccc4)nc(-c4ccccc4)n3)cc2C2(c3cc(-c4nc(-c5ccccc5)nc(-c5ccccc5)n4)ccc31)c1ccccc1-c1ccccc12. The molecule has 0 saturated carbocycles. The van der Waals surface area contributed by atoms with Crippen molar-refractivity contribution in [2.24, 2.45) is 0 Å². The molecule has 0 bridgehead atoms. The maximum absolute atomic E-state index is 5.18. The molecule has 10 aromatic rings. The fraction of sp³-hybridized carbons (Fsp3) is 0.0175. The molecule has 2 heterocycles. The van der Waals surface area contributed by atoms with E-state index in [1.807, 2.05) is 121 Å². The van der Waals surface area contributed by atoms with E-state index in [0.717, 1.165) is 55.6 Å². The number of hydrogen-bond donors (Lipinski definition) is 0. The summed E-state index contributed by atoms with van der Waals surface area (Å²) in [6, 6.07) is 71.6. The summed E-state index contributed by atoms with van der Waals surface area (Å²) in [6.07, 6.45) is 4.50. The van der Waals surface area contributed by atoms with Crippen molar-refractivity contribution in [2.75, 3.05) is 0 Å². The second-order valence-electron chi connectivity index (χ2n) is 15.9. The zero-order valence-electron chi connectivity index (χ0n) is 34.0. The first-order valence-corrected chi connectivity index (χ1v) is 21.1. The Morgan fingerprint density at radius 2 is 0.524 bits per heavy atom. The zero-order chi connectivity index (χ0) is 41.7. The van der Waals surface area contributed by atoms with Gasteiger partial charge in [0.1, 0.15) is 0 Å². The molecule has 6 heteroatoms. The highest BCUT2D eigenvalue weighted by Crippen LogP contribution is 2.59. The summed E-state index contributed by atoms with van der Waals surface area (Å²) in [5.41, 5.74) is 14.1. The predicted molar refractivity (Wildman–Crippen MR) is 252 cm³/mol. The van der Waals surface area contributed by atoms with E-state index in [1.54, 1.807) is 0 Å². The van der Waals surface area contributed by atoms with Gasteiger partial charge in [0.05, 0.1) is 5.41 Å². The van der Waals surface area contributed by atoms with Crippen LogP contribution in [0, 0.1) is 0 Å². The maximum Gasteiger partial charge on any atom is 0.164 e. The topological polar surface area (TPSA) is 77.3 Å². The third kappa shape index (κ3) is 6.11. The molecule has 0 N–H and O–H groups in total. The van der Waals surface area contributed by atoms with Gasteiger partial charge in [-0.3, -0.25) is 0 Å². The summed E-state index contributed by atoms with van der Waals surface area (Å²) >= 11 is 0. The number of nitrogens with zero attached hydrogens (tertiary/aromatic N) is 6. The van der Waals surface area contributed by atoms with Crippen LogP contribution in [0.1, 0.15) is 33.4 Å². The minimum absolute atomic E-state index is 0.606. The van der Waals surface area contributed by atoms with Gasteiger partial charge in [-0.2, -0.15) is 0 Å². The minimum atomic E-state index is -0.734. The molecule has 2 aliphatic rings. The average Bonchev–Trinajstić information content (AvgIpc) is 3.58. The Morgan fingerprint density at radius 3 is 0.857 bits per heavy atom. The van der Waals surface area contributed by atoms with Crippen molar-refractivity contribution in [2.45, 2.75) is 5.41 Å². The highest BCUT2D eigenvalue weighted by atomic mass is 15.0. The number of rotatable bonds is 6. The van der Waals surface area contributed by atoms with Crippen LogP contribution >= 0.6 is 0 Å². The van der Waals surface area contributed by atoms with Crippen molar-refractivity contribution in [1.29, 1.82) is 0 Å². The van der Waals surface area contributed by atoms with E-state index in [0.29, 0.717) is 34.9 Å². The number of benzene rings is 8. The lowest BCUT2D eigenvalue weighted by molar-refractivity contribution is 0.766. The Labute approximate surface area is 365 Å². The van der Waals surface area contributed by atoms with Crippen LogP contribution in [0.2, 0.25) is 0 Å². The van der Waals surface area contributed by atoms with Gasteiger partial charge >= 0.3 is 0 Å². The van der Waals surface area contributed by atoms with Crippen molar-refractivity contribution < 1.29 is 0 Å². The molecule has 12 rings (SSSR count). The molecule has 0 aliphatic heterocycles. The van der Waals surface area contributed by atoms with Crippen molar-refractivity contribution in [3.05, 3.63) is 240 Å². The van der Waals surface area contributed by atoms with Crippen molar-refractivity contribution in [1.82, 2.24) is 29.9 Å². The summed E-state index contributed by atoms with van der Waals surface area (Å²) in [4.78, 5) is 30.7. The fourth-order valence-corrected chi connectivity index (χ4v) is 9.35. The van der Waals surface area contributed by atoms with Crippen LogP contribution < -0.4 is 0 Å². The Bertz CT molecular complexity index is 3040. The normalized spacial score (nSPS) is 12.8. The largest absolute Gasteiger partial charge is 0.208 e. The average molecular weight is 805 g/mol. The first-order chi connectivity index (χ1) is 31.2. The summed E-state index contributed by atoms with van der Waals surface area (Å²) in [5, 5.41) is 0. The Kier molecular flexibility index (Phi) is 8.61. The molecule has 63 heavy (non-hydrogen) atoms. The van der Waals surface area contributed by atoms with Crippen LogP contribution in [0.15, 0.2) is 206 Å². The van der Waals surface area contributed by atoms with Gasteiger partial charge in [-0.15, -0.1) is 0 Å². The number of aromatic nitrogens is 6. The second-order valence-corrected chi connectivity index (χ2v) is 15.9. The first-order valence-electron chi connectivity index (χ1n) is 21.1. The van der Waals surface area contributed by atoms with Gasteiger partial charge in [0.2, 0.25) is 0 Å². The molecule has 0 amide bonds. The molecule has 6 nitrogen and oxygen atoms in total. The van der Waals surface area contributed by atoms with Gasteiger partial charge in [-0.05, 0) is 56.6 Å². The lowest BCUT2D eigenvalue weighted by Gasteiger charge is -2.35. The quantitative estimate of drug-likeness (QED) is 0.167. The lowest BCUT2D eigenvalue weighted by atomic mass is 9.65. The first kappa shape index (κ1) is 36.4. The second kappa shape index (κ2) is 14.9. The molecule has 0 atom stereocenters. The summed E-state index contributed by atoms with van der Waals surface area (Å²) in [7, 11) is 0. The predicted octanol–water partition coefficient (Wildman–Crippen LogP) is 12.9. The monoisotopic (exact) mass is 804 g/mol. The molecule has 2 aliphatic carbocycles. The Balaban J connectivity index is 1.12. The van der Waals surface area contributed by atoms with Gasteiger partial charge in [0.15, 0.2) is 34.9 Å². The molecule has 1 spiro atoms. The zero-order valence-corrected chi connectivity index (χ0v) is 34.0.